The second-order valence-electron chi connectivity index (χ2n) is 9.55. The minimum absolute atomic E-state index is 0.372. The van der Waals surface area contributed by atoms with Crippen molar-refractivity contribution >= 4 is 37.9 Å². The number of aromatic nitrogens is 1. The van der Waals surface area contributed by atoms with Gasteiger partial charge in [-0.15, -0.1) is 0 Å². The summed E-state index contributed by atoms with van der Waals surface area (Å²) < 4.78 is 0. The second-order valence-corrected chi connectivity index (χ2v) is 9.55. The number of nitrogens with zero attached hydrogens (tertiary/aromatic N) is 1. The van der Waals surface area contributed by atoms with Gasteiger partial charge in [0.1, 0.15) is 0 Å². The third kappa shape index (κ3) is 3.44. The standard InChI is InChI=1S/C35H25N/c1-2-9-27-22-28(20-17-24(27)8-1)35-32-13-5-3-11-30(32)34(31-12-4-6-14-33(31)35)26-18-15-25(16-19-26)29-10-7-21-36-23-29/h1-15,17-23,25H,16H2. The molecule has 1 nitrogen and oxygen atoms in total. The van der Waals surface area contributed by atoms with Gasteiger partial charge in [0.2, 0.25) is 0 Å². The number of rotatable bonds is 3. The lowest BCUT2D eigenvalue weighted by Crippen LogP contribution is -2.00. The molecule has 1 aliphatic carbocycles. The summed E-state index contributed by atoms with van der Waals surface area (Å²) in [6, 6.07) is 37.4. The van der Waals surface area contributed by atoms with Gasteiger partial charge >= 0.3 is 0 Å². The van der Waals surface area contributed by atoms with Gasteiger partial charge in [-0.2, -0.15) is 0 Å². The minimum atomic E-state index is 0.372. The largest absolute Gasteiger partial charge is 0.264 e. The molecule has 0 fully saturated rings. The van der Waals surface area contributed by atoms with Crippen molar-refractivity contribution in [3.63, 3.8) is 0 Å². The van der Waals surface area contributed by atoms with Crippen molar-refractivity contribution in [3.05, 3.63) is 145 Å². The first-order valence-electron chi connectivity index (χ1n) is 12.6. The molecule has 7 rings (SSSR count). The Balaban J connectivity index is 1.45. The Morgan fingerprint density at radius 2 is 1.28 bits per heavy atom. The molecule has 0 amide bonds. The highest BCUT2D eigenvalue weighted by atomic mass is 14.6. The zero-order chi connectivity index (χ0) is 23.9. The summed E-state index contributed by atoms with van der Waals surface area (Å²) in [6.45, 7) is 0. The number of fused-ring (bicyclic) bond motifs is 3. The van der Waals surface area contributed by atoms with Crippen LogP contribution in [-0.2, 0) is 0 Å². The number of allylic oxidation sites excluding steroid dienone is 4. The summed E-state index contributed by atoms with van der Waals surface area (Å²) in [6.07, 6.45) is 11.9. The average Bonchev–Trinajstić information content (AvgIpc) is 2.96. The van der Waals surface area contributed by atoms with E-state index >= 15 is 0 Å². The highest BCUT2D eigenvalue weighted by molar-refractivity contribution is 6.19. The minimum Gasteiger partial charge on any atom is -0.264 e. The Morgan fingerprint density at radius 1 is 0.611 bits per heavy atom. The molecule has 36 heavy (non-hydrogen) atoms. The van der Waals surface area contributed by atoms with Crippen LogP contribution in [0.1, 0.15) is 23.5 Å². The molecule has 0 saturated carbocycles. The van der Waals surface area contributed by atoms with E-state index in [1.807, 2.05) is 18.5 Å². The summed E-state index contributed by atoms with van der Waals surface area (Å²) in [5.74, 6) is 0.372. The molecule has 0 saturated heterocycles. The predicted octanol–water partition coefficient (Wildman–Crippen LogP) is 9.34. The van der Waals surface area contributed by atoms with Crippen LogP contribution in [0.5, 0.6) is 0 Å². The molecule has 0 N–H and O–H groups in total. The Morgan fingerprint density at radius 3 is 1.92 bits per heavy atom. The summed E-state index contributed by atoms with van der Waals surface area (Å²) >= 11 is 0. The molecule has 0 bridgehead atoms. The van der Waals surface area contributed by atoms with Crippen LogP contribution in [0.15, 0.2) is 134 Å². The molecule has 1 heteroatoms. The molecule has 5 aromatic carbocycles. The molecule has 0 aliphatic heterocycles. The van der Waals surface area contributed by atoms with Gasteiger partial charge < -0.3 is 0 Å². The molecule has 1 unspecified atom stereocenters. The summed E-state index contributed by atoms with van der Waals surface area (Å²) in [5, 5.41) is 7.74. The average molecular weight is 460 g/mol. The fourth-order valence-electron chi connectivity index (χ4n) is 5.74. The van der Waals surface area contributed by atoms with E-state index in [0.717, 1.165) is 6.42 Å². The van der Waals surface area contributed by atoms with Gasteiger partial charge in [0.15, 0.2) is 0 Å². The van der Waals surface area contributed by atoms with Crippen molar-refractivity contribution in [1.82, 2.24) is 4.98 Å². The lowest BCUT2D eigenvalue weighted by atomic mass is 9.82. The Bertz CT molecular complexity index is 1750. The Labute approximate surface area is 211 Å². The molecular formula is C35H25N. The molecule has 0 radical (unpaired) electrons. The highest BCUT2D eigenvalue weighted by Gasteiger charge is 2.19. The molecule has 1 atom stereocenters. The molecule has 1 aromatic heterocycles. The number of benzene rings is 5. The summed E-state index contributed by atoms with van der Waals surface area (Å²) in [4.78, 5) is 4.32. The number of hydrogen-bond donors (Lipinski definition) is 0. The number of hydrogen-bond acceptors (Lipinski definition) is 1. The molecule has 0 spiro atoms. The maximum absolute atomic E-state index is 4.32. The van der Waals surface area contributed by atoms with Crippen LogP contribution in [0.4, 0.5) is 0 Å². The number of pyridine rings is 1. The molecule has 1 aliphatic rings. The SMILES string of the molecule is C1=CC(c2cccnc2)CC=C1c1c2ccccc2c(-c2ccc3ccccc3c2)c2ccccc12. The summed E-state index contributed by atoms with van der Waals surface area (Å²) in [5.41, 5.74) is 6.46. The van der Waals surface area contributed by atoms with Crippen LogP contribution in [0.3, 0.4) is 0 Å². The first kappa shape index (κ1) is 20.8. The van der Waals surface area contributed by atoms with E-state index in [2.05, 4.69) is 120 Å². The molecular weight excluding hydrogens is 434 g/mol. The zero-order valence-corrected chi connectivity index (χ0v) is 19.9. The molecule has 1 heterocycles. The van der Waals surface area contributed by atoms with Gasteiger partial charge in [0.05, 0.1) is 0 Å². The third-order valence-electron chi connectivity index (χ3n) is 7.47. The van der Waals surface area contributed by atoms with Gasteiger partial charge in [-0.05, 0) is 78.7 Å². The zero-order valence-electron chi connectivity index (χ0n) is 19.9. The maximum Gasteiger partial charge on any atom is 0.0305 e. The van der Waals surface area contributed by atoms with E-state index in [-0.39, 0.29) is 0 Å². The van der Waals surface area contributed by atoms with Crippen LogP contribution in [0.25, 0.3) is 49.0 Å². The summed E-state index contributed by atoms with van der Waals surface area (Å²) in [7, 11) is 0. The predicted molar refractivity (Wildman–Crippen MR) is 153 cm³/mol. The van der Waals surface area contributed by atoms with E-state index < -0.39 is 0 Å². The Hall–Kier alpha value is -4.49. The van der Waals surface area contributed by atoms with E-state index in [9.17, 15) is 0 Å². The highest BCUT2D eigenvalue weighted by Crippen LogP contribution is 2.43. The fraction of sp³-hybridized carbons (Fsp3) is 0.0571. The van der Waals surface area contributed by atoms with Crippen molar-refractivity contribution in [2.75, 3.05) is 0 Å². The quantitative estimate of drug-likeness (QED) is 0.240. The normalized spacial score (nSPS) is 15.4. The van der Waals surface area contributed by atoms with Gasteiger partial charge in [0, 0.05) is 18.3 Å². The van der Waals surface area contributed by atoms with Crippen LogP contribution < -0.4 is 0 Å². The Kier molecular flexibility index (Phi) is 4.99. The fourth-order valence-corrected chi connectivity index (χ4v) is 5.74. The van der Waals surface area contributed by atoms with E-state index in [4.69, 9.17) is 0 Å². The van der Waals surface area contributed by atoms with Gasteiger partial charge in [0.25, 0.3) is 0 Å². The lowest BCUT2D eigenvalue weighted by molar-refractivity contribution is 0.849. The first-order chi connectivity index (χ1) is 17.9. The van der Waals surface area contributed by atoms with Crippen molar-refractivity contribution in [3.8, 4) is 11.1 Å². The molecule has 6 aromatic rings. The lowest BCUT2D eigenvalue weighted by Gasteiger charge is -2.21. The monoisotopic (exact) mass is 459 g/mol. The topological polar surface area (TPSA) is 12.9 Å². The maximum atomic E-state index is 4.32. The van der Waals surface area contributed by atoms with E-state index in [0.29, 0.717) is 5.92 Å². The van der Waals surface area contributed by atoms with Crippen LogP contribution >= 0.6 is 0 Å². The van der Waals surface area contributed by atoms with Crippen LogP contribution in [0.2, 0.25) is 0 Å². The van der Waals surface area contributed by atoms with Gasteiger partial charge in [-0.25, -0.2) is 0 Å². The first-order valence-corrected chi connectivity index (χ1v) is 12.6. The smallest absolute Gasteiger partial charge is 0.0305 e. The van der Waals surface area contributed by atoms with Crippen molar-refractivity contribution < 1.29 is 0 Å². The van der Waals surface area contributed by atoms with E-state index in [1.54, 1.807) is 0 Å². The molecule has 170 valence electrons. The van der Waals surface area contributed by atoms with Gasteiger partial charge in [-0.3, -0.25) is 4.98 Å². The second kappa shape index (κ2) is 8.62. The van der Waals surface area contributed by atoms with Gasteiger partial charge in [-0.1, -0.05) is 109 Å². The van der Waals surface area contributed by atoms with Crippen LogP contribution in [0, 0.1) is 0 Å². The van der Waals surface area contributed by atoms with Crippen molar-refractivity contribution in [1.29, 1.82) is 0 Å². The van der Waals surface area contributed by atoms with Crippen molar-refractivity contribution in [2.24, 2.45) is 0 Å². The van der Waals surface area contributed by atoms with E-state index in [1.165, 1.54) is 60.1 Å². The van der Waals surface area contributed by atoms with Crippen molar-refractivity contribution in [2.45, 2.75) is 12.3 Å². The third-order valence-corrected chi connectivity index (χ3v) is 7.47. The van der Waals surface area contributed by atoms with Crippen LogP contribution in [-0.4, -0.2) is 4.98 Å².